The molecule has 0 saturated carbocycles. The zero-order valence-electron chi connectivity index (χ0n) is 29.4. The predicted molar refractivity (Wildman–Crippen MR) is 169 cm³/mol. The highest BCUT2D eigenvalue weighted by Crippen LogP contribution is 2.32. The Morgan fingerprint density at radius 2 is 0.944 bits per heavy atom. The maximum Gasteiger partial charge on any atom is 0.217 e. The monoisotopic (exact) mass is 789 g/mol. The van der Waals surface area contributed by atoms with E-state index in [4.69, 9.17) is 33.2 Å². The first-order chi connectivity index (χ1) is 25.4. The van der Waals surface area contributed by atoms with E-state index in [-0.39, 0.29) is 0 Å². The van der Waals surface area contributed by atoms with Gasteiger partial charge in [0.2, 0.25) is 17.7 Å². The molecule has 4 heterocycles. The molecule has 54 heavy (non-hydrogen) atoms. The van der Waals surface area contributed by atoms with E-state index in [0.717, 1.165) is 20.8 Å². The zero-order valence-corrected chi connectivity index (χ0v) is 29.4. The minimum Gasteiger partial charge on any atom is -0.394 e. The quantitative estimate of drug-likeness (QED) is 0.0823. The molecule has 1 unspecified atom stereocenters. The van der Waals surface area contributed by atoms with Gasteiger partial charge in [-0.3, -0.25) is 14.4 Å². The Balaban J connectivity index is 1.54. The Bertz CT molecular complexity index is 1250. The van der Waals surface area contributed by atoms with E-state index >= 15 is 0 Å². The number of carbonyl (C=O) groups is 3. The summed E-state index contributed by atoms with van der Waals surface area (Å²) in [5.74, 6) is -2.10. The average molecular weight is 790 g/mol. The average Bonchev–Trinajstić information content (AvgIpc) is 3.11. The summed E-state index contributed by atoms with van der Waals surface area (Å²) < 4.78 is 39.6. The molecule has 14 N–H and O–H groups in total. The van der Waals surface area contributed by atoms with Crippen LogP contribution in [0.1, 0.15) is 20.8 Å². The lowest BCUT2D eigenvalue weighted by molar-refractivity contribution is -0.353. The third-order valence-electron chi connectivity index (χ3n) is 9.39. The molecule has 0 aromatic heterocycles. The van der Waals surface area contributed by atoms with Crippen molar-refractivity contribution >= 4 is 17.7 Å². The van der Waals surface area contributed by atoms with E-state index in [2.05, 4.69) is 16.0 Å². The van der Waals surface area contributed by atoms with Crippen LogP contribution in [0, 0.1) is 0 Å². The van der Waals surface area contributed by atoms with E-state index in [0.29, 0.717) is 0 Å². The van der Waals surface area contributed by atoms with Crippen LogP contribution in [0.25, 0.3) is 0 Å². The lowest BCUT2D eigenvalue weighted by Crippen LogP contribution is -2.70. The van der Waals surface area contributed by atoms with Gasteiger partial charge in [0.05, 0.1) is 26.4 Å². The summed E-state index contributed by atoms with van der Waals surface area (Å²) in [6.07, 6.45) is -28.7. The van der Waals surface area contributed by atoms with Gasteiger partial charge >= 0.3 is 0 Å². The fourth-order valence-corrected chi connectivity index (χ4v) is 6.65. The number of ether oxygens (including phenoxy) is 7. The van der Waals surface area contributed by atoms with Crippen LogP contribution in [0.15, 0.2) is 0 Å². The molecule has 4 aliphatic rings. The van der Waals surface area contributed by atoms with E-state index in [1.165, 1.54) is 0 Å². The minimum atomic E-state index is -1.92. The molecule has 0 aliphatic carbocycles. The van der Waals surface area contributed by atoms with E-state index in [1.807, 2.05) is 0 Å². The maximum absolute atomic E-state index is 12.2. The van der Waals surface area contributed by atoms with Gasteiger partial charge in [-0.1, -0.05) is 0 Å². The van der Waals surface area contributed by atoms with Gasteiger partial charge in [0.1, 0.15) is 97.5 Å². The van der Waals surface area contributed by atoms with Crippen molar-refractivity contribution in [3.05, 3.63) is 0 Å². The van der Waals surface area contributed by atoms with Gasteiger partial charge in [-0.15, -0.1) is 0 Å². The van der Waals surface area contributed by atoms with Crippen molar-refractivity contribution in [2.45, 2.75) is 143 Å². The van der Waals surface area contributed by atoms with E-state index < -0.39 is 167 Å². The van der Waals surface area contributed by atoms with Gasteiger partial charge in [-0.25, -0.2) is 0 Å². The highest BCUT2D eigenvalue weighted by Gasteiger charge is 2.54. The topological polar surface area (TPSA) is 374 Å². The van der Waals surface area contributed by atoms with Crippen LogP contribution in [0.4, 0.5) is 0 Å². The van der Waals surface area contributed by atoms with Gasteiger partial charge in [0.15, 0.2) is 25.2 Å². The third-order valence-corrected chi connectivity index (χ3v) is 9.39. The van der Waals surface area contributed by atoms with Gasteiger partial charge in [-0.05, 0) is 0 Å². The maximum atomic E-state index is 12.2. The molecular formula is C30H51N3O21. The van der Waals surface area contributed by atoms with Crippen molar-refractivity contribution in [3.8, 4) is 0 Å². The van der Waals surface area contributed by atoms with Crippen LogP contribution in [0.5, 0.6) is 0 Å². The summed E-state index contributed by atoms with van der Waals surface area (Å²) in [5.41, 5.74) is 0. The molecule has 20 atom stereocenters. The molecule has 24 nitrogen and oxygen atoms in total. The van der Waals surface area contributed by atoms with E-state index in [1.54, 1.807) is 0 Å². The van der Waals surface area contributed by atoms with Gasteiger partial charge in [-0.2, -0.15) is 0 Å². The first-order valence-electron chi connectivity index (χ1n) is 17.1. The fraction of sp³-hybridized carbons (Fsp3) is 0.900. The first kappa shape index (κ1) is 44.4. The van der Waals surface area contributed by atoms with Crippen LogP contribution >= 0.6 is 0 Å². The summed E-state index contributed by atoms with van der Waals surface area (Å²) in [6, 6.07) is -4.52. The lowest BCUT2D eigenvalue weighted by atomic mass is 9.94. The van der Waals surface area contributed by atoms with Crippen LogP contribution in [-0.4, -0.2) is 223 Å². The molecule has 0 aromatic rings. The molecule has 4 rings (SSSR count). The normalized spacial score (nSPS) is 45.7. The Labute approximate surface area is 307 Å². The highest BCUT2D eigenvalue weighted by atomic mass is 16.7. The number of rotatable bonds is 13. The third kappa shape index (κ3) is 9.97. The molecule has 0 bridgehead atoms. The molecule has 312 valence electrons. The number of aliphatic hydroxyl groups excluding tert-OH is 11. The molecular weight excluding hydrogens is 738 g/mol. The Morgan fingerprint density at radius 1 is 0.481 bits per heavy atom. The Hall–Kier alpha value is -2.31. The first-order valence-corrected chi connectivity index (χ1v) is 17.1. The van der Waals surface area contributed by atoms with Crippen molar-refractivity contribution in [2.24, 2.45) is 0 Å². The molecule has 4 saturated heterocycles. The fourth-order valence-electron chi connectivity index (χ4n) is 6.65. The molecule has 24 heteroatoms. The zero-order chi connectivity index (χ0) is 40.2. The smallest absolute Gasteiger partial charge is 0.217 e. The molecule has 4 fully saturated rings. The Kier molecular flexibility index (Phi) is 15.8. The summed E-state index contributed by atoms with van der Waals surface area (Å²) in [4.78, 5) is 36.2. The summed E-state index contributed by atoms with van der Waals surface area (Å²) in [6.45, 7) is 0.0952. The second-order valence-electron chi connectivity index (χ2n) is 13.4. The van der Waals surface area contributed by atoms with Crippen molar-refractivity contribution in [1.82, 2.24) is 16.0 Å². The van der Waals surface area contributed by atoms with Gasteiger partial charge in [0.25, 0.3) is 0 Å². The SMILES string of the molecule is CC(=O)N[C@H]1[C@H](OC[C@H]2OC(O)[C@H](NC(C)=O)[C@@H](O[C@@H]3O[C@H](CO)[C@@H](O)[C@H](O)[C@H]3NC(C)=O)[C@H]2O)O[C@H](CO)[C@@H](O[C@@H]2O[C@H](CO)[C@H](O)[C@H](O)[C@H]2O)[C@@H]1O. The molecule has 0 spiro atoms. The lowest BCUT2D eigenvalue weighted by Gasteiger charge is -2.48. The Morgan fingerprint density at radius 3 is 1.48 bits per heavy atom. The van der Waals surface area contributed by atoms with Crippen LogP contribution in [0.2, 0.25) is 0 Å². The number of hydrogen-bond donors (Lipinski definition) is 14. The molecule has 0 radical (unpaired) electrons. The molecule has 0 aromatic carbocycles. The van der Waals surface area contributed by atoms with Crippen LogP contribution < -0.4 is 16.0 Å². The van der Waals surface area contributed by atoms with Crippen molar-refractivity contribution < 1.29 is 104 Å². The summed E-state index contributed by atoms with van der Waals surface area (Å²) >= 11 is 0. The van der Waals surface area contributed by atoms with Crippen molar-refractivity contribution in [1.29, 1.82) is 0 Å². The minimum absolute atomic E-state index is 0.687. The van der Waals surface area contributed by atoms with Gasteiger partial charge in [0, 0.05) is 20.8 Å². The van der Waals surface area contributed by atoms with Crippen LogP contribution in [0.3, 0.4) is 0 Å². The second kappa shape index (κ2) is 19.2. The summed E-state index contributed by atoms with van der Waals surface area (Å²) in [7, 11) is 0. The highest BCUT2D eigenvalue weighted by molar-refractivity contribution is 5.74. The molecule has 3 amide bonds. The van der Waals surface area contributed by atoms with Crippen molar-refractivity contribution in [2.75, 3.05) is 26.4 Å². The predicted octanol–water partition coefficient (Wildman–Crippen LogP) is -9.32. The van der Waals surface area contributed by atoms with Crippen LogP contribution in [-0.2, 0) is 47.5 Å². The number of hydrogen-bond acceptors (Lipinski definition) is 21. The standard InChI is InChI=1S/C30H51N3O21/c1-8(37)31-15-21(43)18(40)11(4-34)50-29(15)54-26-17(33-10(3)39)27(47)49-14(20(26)42)7-48-28-16(32-9(2)38)22(44)25(13(6-36)52-28)53-30-24(46)23(45)19(41)12(5-35)51-30/h11-30,34-36,40-47H,4-7H2,1-3H3,(H,31,37)(H,32,38)(H,33,39)/t11-,12-,13-,14-,15-,16-,17-,18-,19+,20+,21-,22-,23+,24-,25-,26-,27?,28-,29+,30+/m1/s1. The van der Waals surface area contributed by atoms with Crippen molar-refractivity contribution in [3.63, 3.8) is 0 Å². The van der Waals surface area contributed by atoms with Gasteiger partial charge < -0.3 is 105 Å². The number of carbonyl (C=O) groups excluding carboxylic acids is 3. The number of nitrogens with one attached hydrogen (secondary N) is 3. The summed E-state index contributed by atoms with van der Waals surface area (Å²) in [5, 5.41) is 122. The largest absolute Gasteiger partial charge is 0.394 e. The second-order valence-corrected chi connectivity index (χ2v) is 13.4. The number of aliphatic hydroxyl groups is 11. The molecule has 4 aliphatic heterocycles. The van der Waals surface area contributed by atoms with E-state index in [9.17, 15) is 70.6 Å². The number of amides is 3.